The molecule has 0 saturated carbocycles. The van der Waals surface area contributed by atoms with Crippen LogP contribution in [0, 0.1) is 13.8 Å². The number of allylic oxidation sites excluding steroid dienone is 3. The van der Waals surface area contributed by atoms with Crippen molar-refractivity contribution in [3.8, 4) is 22.6 Å². The van der Waals surface area contributed by atoms with E-state index in [0.717, 1.165) is 91.0 Å². The summed E-state index contributed by atoms with van der Waals surface area (Å²) in [5.74, 6) is 2.52. The zero-order valence-electron chi connectivity index (χ0n) is 27.0. The van der Waals surface area contributed by atoms with Gasteiger partial charge in [0.2, 0.25) is 0 Å². The highest BCUT2D eigenvalue weighted by atomic mass is 16.5. The van der Waals surface area contributed by atoms with Crippen molar-refractivity contribution in [2.45, 2.75) is 50.9 Å². The molecule has 0 saturated heterocycles. The van der Waals surface area contributed by atoms with Crippen molar-refractivity contribution in [3.63, 3.8) is 0 Å². The molecule has 0 bridgehead atoms. The Hall–Kier alpha value is -4.36. The minimum atomic E-state index is -0.995. The molecule has 2 aliphatic carbocycles. The number of hydrogen-bond acceptors (Lipinski definition) is 6. The summed E-state index contributed by atoms with van der Waals surface area (Å²) in [5.41, 5.74) is 7.83. The van der Waals surface area contributed by atoms with Crippen LogP contribution in [0.5, 0.6) is 11.5 Å². The number of hydrogen-bond donors (Lipinski definition) is 2. The summed E-state index contributed by atoms with van der Waals surface area (Å²) < 4.78 is 25.2. The van der Waals surface area contributed by atoms with Crippen molar-refractivity contribution in [2.75, 3.05) is 27.4 Å². The monoisotopic (exact) mass is 616 g/mol. The van der Waals surface area contributed by atoms with Gasteiger partial charge in [0.1, 0.15) is 23.2 Å². The Morgan fingerprint density at radius 3 is 2.35 bits per heavy atom. The molecule has 6 heteroatoms. The van der Waals surface area contributed by atoms with Crippen molar-refractivity contribution in [1.29, 1.82) is 0 Å². The van der Waals surface area contributed by atoms with E-state index in [1.165, 1.54) is 0 Å². The largest absolute Gasteiger partial charge is 0.501 e. The molecule has 0 radical (unpaired) electrons. The number of aryl methyl sites for hydroxylation is 2. The average Bonchev–Trinajstić information content (AvgIpc) is 3.34. The first kappa shape index (κ1) is 30.3. The molecule has 6 nitrogen and oxygen atoms in total. The molecule has 0 amide bonds. The predicted octanol–water partition coefficient (Wildman–Crippen LogP) is 7.63. The standard InChI is InChI=1S/C40H40O6/c1-24-6-16-31-34(20-24)38-33(37-36(31)32-17-7-25(2)21-35(32)39(37,3)45-23-28(42)22-41)18-19-40(46-38,26-8-12-29(43-4)13-9-26)27-10-14-30(44-5)15-11-27/h6-10,12-14,16-21,28,41-42H,11,15,22-23H2,1-5H3. The van der Waals surface area contributed by atoms with Crippen molar-refractivity contribution < 1.29 is 29.2 Å². The molecule has 4 aromatic carbocycles. The van der Waals surface area contributed by atoms with Crippen LogP contribution in [-0.2, 0) is 20.7 Å². The quantitative estimate of drug-likeness (QED) is 0.212. The minimum absolute atomic E-state index is 0.0120. The topological polar surface area (TPSA) is 77.4 Å². The fourth-order valence-corrected chi connectivity index (χ4v) is 7.35. The van der Waals surface area contributed by atoms with Crippen molar-refractivity contribution in [2.24, 2.45) is 0 Å². The Morgan fingerprint density at radius 2 is 1.65 bits per heavy atom. The van der Waals surface area contributed by atoms with E-state index in [-0.39, 0.29) is 13.2 Å². The smallest absolute Gasteiger partial charge is 0.174 e. The summed E-state index contributed by atoms with van der Waals surface area (Å²) in [4.78, 5) is 0. The molecule has 1 heterocycles. The van der Waals surface area contributed by atoms with Gasteiger partial charge in [-0.3, -0.25) is 0 Å². The number of fused-ring (bicyclic) bond motifs is 8. The van der Waals surface area contributed by atoms with E-state index >= 15 is 0 Å². The van der Waals surface area contributed by atoms with Gasteiger partial charge in [-0.1, -0.05) is 65.7 Å². The molecule has 0 fully saturated rings. The molecule has 3 atom stereocenters. The lowest BCUT2D eigenvalue weighted by Crippen LogP contribution is -2.37. The number of rotatable bonds is 8. The molecular formula is C40H40O6. The van der Waals surface area contributed by atoms with Crippen LogP contribution >= 0.6 is 0 Å². The molecule has 3 aliphatic rings. The van der Waals surface area contributed by atoms with Crippen LogP contribution in [0.25, 0.3) is 28.0 Å². The maximum atomic E-state index is 10.4. The van der Waals surface area contributed by atoms with Gasteiger partial charge >= 0.3 is 0 Å². The van der Waals surface area contributed by atoms with E-state index in [0.29, 0.717) is 0 Å². The number of benzene rings is 4. The van der Waals surface area contributed by atoms with E-state index in [2.05, 4.69) is 87.5 Å². The highest BCUT2D eigenvalue weighted by Crippen LogP contribution is 2.59. The third-order valence-electron chi connectivity index (χ3n) is 9.78. The average molecular weight is 617 g/mol. The van der Waals surface area contributed by atoms with Crippen molar-refractivity contribution >= 4 is 16.8 Å². The maximum Gasteiger partial charge on any atom is 0.174 e. The Kier molecular flexibility index (Phi) is 7.55. The normalized spacial score (nSPS) is 21.9. The zero-order valence-corrected chi connectivity index (χ0v) is 27.0. The van der Waals surface area contributed by atoms with Crippen LogP contribution in [0.15, 0.2) is 90.2 Å². The van der Waals surface area contributed by atoms with E-state index in [4.69, 9.17) is 18.9 Å². The maximum absolute atomic E-state index is 10.4. The van der Waals surface area contributed by atoms with Crippen molar-refractivity contribution in [3.05, 3.63) is 124 Å². The van der Waals surface area contributed by atoms with Crippen LogP contribution in [0.2, 0.25) is 0 Å². The SMILES string of the molecule is COC1=CC=C(C2(c3ccc(OC)cc3)C=Cc3c4c(c5ccc(C)cc5c3O2)-c2ccc(C)cc2C4(C)OCC(O)CO)CC1. The Morgan fingerprint density at radius 1 is 0.891 bits per heavy atom. The Balaban J connectivity index is 1.52. The highest BCUT2D eigenvalue weighted by Gasteiger charge is 2.47. The van der Waals surface area contributed by atoms with Crippen LogP contribution in [0.4, 0.5) is 0 Å². The Labute approximate surface area is 270 Å². The summed E-state index contributed by atoms with van der Waals surface area (Å²) in [6.45, 7) is 5.87. The van der Waals surface area contributed by atoms with E-state index in [1.54, 1.807) is 14.2 Å². The van der Waals surface area contributed by atoms with Crippen LogP contribution in [0.1, 0.15) is 53.1 Å². The summed E-state index contributed by atoms with van der Waals surface area (Å²) in [6.07, 6.45) is 9.10. The highest BCUT2D eigenvalue weighted by molar-refractivity contribution is 6.08. The molecule has 46 heavy (non-hydrogen) atoms. The summed E-state index contributed by atoms with van der Waals surface area (Å²) in [6, 6.07) is 21.1. The van der Waals surface area contributed by atoms with Crippen LogP contribution in [0.3, 0.4) is 0 Å². The van der Waals surface area contributed by atoms with Crippen LogP contribution < -0.4 is 9.47 Å². The molecule has 2 N–H and O–H groups in total. The predicted molar refractivity (Wildman–Crippen MR) is 181 cm³/mol. The van der Waals surface area contributed by atoms with Gasteiger partial charge in [-0.15, -0.1) is 0 Å². The second-order valence-electron chi connectivity index (χ2n) is 12.7. The minimum Gasteiger partial charge on any atom is -0.501 e. The first-order chi connectivity index (χ1) is 22.2. The molecule has 1 aliphatic heterocycles. The van der Waals surface area contributed by atoms with Crippen LogP contribution in [-0.4, -0.2) is 43.8 Å². The number of ether oxygens (including phenoxy) is 4. The van der Waals surface area contributed by atoms with Gasteiger partial charge in [0, 0.05) is 28.5 Å². The number of aliphatic hydroxyl groups excluding tert-OH is 2. The summed E-state index contributed by atoms with van der Waals surface area (Å²) >= 11 is 0. The molecule has 0 aromatic heterocycles. The van der Waals surface area contributed by atoms with E-state index < -0.39 is 17.3 Å². The molecule has 0 spiro atoms. The van der Waals surface area contributed by atoms with E-state index in [9.17, 15) is 10.2 Å². The fraction of sp³-hybridized carbons (Fsp3) is 0.300. The molecule has 4 aromatic rings. The van der Waals surface area contributed by atoms with E-state index in [1.807, 2.05) is 18.2 Å². The molecule has 7 rings (SSSR count). The van der Waals surface area contributed by atoms with Gasteiger partial charge in [0.05, 0.1) is 33.2 Å². The second kappa shape index (κ2) is 11.5. The van der Waals surface area contributed by atoms with Gasteiger partial charge in [-0.25, -0.2) is 0 Å². The molecular weight excluding hydrogens is 576 g/mol. The lowest BCUT2D eigenvalue weighted by atomic mass is 9.77. The second-order valence-corrected chi connectivity index (χ2v) is 12.7. The van der Waals surface area contributed by atoms with Gasteiger partial charge in [0.15, 0.2) is 5.60 Å². The van der Waals surface area contributed by atoms with Crippen molar-refractivity contribution in [1.82, 2.24) is 0 Å². The van der Waals surface area contributed by atoms with Gasteiger partial charge in [-0.05, 0) is 85.2 Å². The third-order valence-corrected chi connectivity index (χ3v) is 9.78. The summed E-state index contributed by atoms with van der Waals surface area (Å²) in [5, 5.41) is 22.2. The van der Waals surface area contributed by atoms with Gasteiger partial charge < -0.3 is 29.2 Å². The third kappa shape index (κ3) is 4.66. The first-order valence-corrected chi connectivity index (χ1v) is 15.8. The van der Waals surface area contributed by atoms with Gasteiger partial charge in [0.25, 0.3) is 0 Å². The first-order valence-electron chi connectivity index (χ1n) is 15.8. The lowest BCUT2D eigenvalue weighted by molar-refractivity contribution is -0.0610. The molecule has 236 valence electrons. The van der Waals surface area contributed by atoms with Gasteiger partial charge in [-0.2, -0.15) is 0 Å². The lowest BCUT2D eigenvalue weighted by Gasteiger charge is -2.40. The Bertz CT molecular complexity index is 1930. The molecule has 3 unspecified atom stereocenters. The summed E-state index contributed by atoms with van der Waals surface area (Å²) in [7, 11) is 3.39. The zero-order chi connectivity index (χ0) is 32.2. The number of aliphatic hydroxyl groups is 2. The fourth-order valence-electron chi connectivity index (χ4n) is 7.35. The number of methoxy groups -OCH3 is 2.